The molecule has 0 saturated carbocycles. The van der Waals surface area contributed by atoms with Gasteiger partial charge in [0, 0.05) is 50.8 Å². The summed E-state index contributed by atoms with van der Waals surface area (Å²) in [5.74, 6) is 1.36. The molecule has 10 nitrogen and oxygen atoms in total. The van der Waals surface area contributed by atoms with E-state index in [9.17, 15) is 9.59 Å². The number of rotatable bonds is 4. The Morgan fingerprint density at radius 3 is 2.44 bits per heavy atom. The maximum absolute atomic E-state index is 12.4. The van der Waals surface area contributed by atoms with Crippen LogP contribution in [-0.4, -0.2) is 66.5 Å². The van der Waals surface area contributed by atoms with Crippen molar-refractivity contribution in [2.24, 2.45) is 0 Å². The lowest BCUT2D eigenvalue weighted by molar-refractivity contribution is -0.132. The van der Waals surface area contributed by atoms with Gasteiger partial charge >= 0.3 is 0 Å². The standard InChI is InChI=1S/C17H18N8O2/c26-16-2-1-5-19-25(16)12-17(27)23-10-8-22(9-11-23)14-3-4-15(21-20-14)24-7-6-18-13-24/h1-7,13H,8-12H2. The van der Waals surface area contributed by atoms with Crippen LogP contribution in [0.5, 0.6) is 0 Å². The van der Waals surface area contributed by atoms with E-state index in [0.29, 0.717) is 32.0 Å². The second-order valence-corrected chi connectivity index (χ2v) is 6.11. The van der Waals surface area contributed by atoms with E-state index in [2.05, 4.69) is 25.2 Å². The molecule has 0 atom stereocenters. The summed E-state index contributed by atoms with van der Waals surface area (Å²) in [5, 5.41) is 12.4. The number of piperazine rings is 1. The van der Waals surface area contributed by atoms with Gasteiger partial charge in [0.1, 0.15) is 12.9 Å². The first-order chi connectivity index (χ1) is 13.2. The van der Waals surface area contributed by atoms with Gasteiger partial charge in [-0.05, 0) is 18.2 Å². The topological polar surface area (TPSA) is 102 Å². The van der Waals surface area contributed by atoms with E-state index in [-0.39, 0.29) is 18.0 Å². The van der Waals surface area contributed by atoms with Gasteiger partial charge in [-0.3, -0.25) is 14.2 Å². The minimum Gasteiger partial charge on any atom is -0.352 e. The number of carbonyl (C=O) groups is 1. The zero-order chi connectivity index (χ0) is 18.6. The first-order valence-electron chi connectivity index (χ1n) is 8.57. The van der Waals surface area contributed by atoms with E-state index in [0.717, 1.165) is 5.82 Å². The molecule has 1 fully saturated rings. The summed E-state index contributed by atoms with van der Waals surface area (Å²) in [6, 6.07) is 6.74. The lowest BCUT2D eigenvalue weighted by Gasteiger charge is -2.35. The van der Waals surface area contributed by atoms with Crippen LogP contribution in [0.1, 0.15) is 0 Å². The van der Waals surface area contributed by atoms with Crippen LogP contribution in [0.2, 0.25) is 0 Å². The fourth-order valence-electron chi connectivity index (χ4n) is 2.94. The minimum atomic E-state index is -0.280. The zero-order valence-electron chi connectivity index (χ0n) is 14.5. The molecular formula is C17H18N8O2. The Morgan fingerprint density at radius 2 is 1.78 bits per heavy atom. The van der Waals surface area contributed by atoms with Gasteiger partial charge in [0.2, 0.25) is 5.91 Å². The van der Waals surface area contributed by atoms with E-state index in [1.54, 1.807) is 34.3 Å². The fraction of sp³-hybridized carbons (Fsp3) is 0.294. The summed E-state index contributed by atoms with van der Waals surface area (Å²) in [5.41, 5.74) is -0.280. The summed E-state index contributed by atoms with van der Waals surface area (Å²) in [6.07, 6.45) is 6.66. The first kappa shape index (κ1) is 16.9. The molecule has 3 aromatic heterocycles. The van der Waals surface area contributed by atoms with Crippen molar-refractivity contribution >= 4 is 11.7 Å². The lowest BCUT2D eigenvalue weighted by Crippen LogP contribution is -2.50. The van der Waals surface area contributed by atoms with Gasteiger partial charge in [0.25, 0.3) is 5.56 Å². The number of hydrogen-bond donors (Lipinski definition) is 0. The van der Waals surface area contributed by atoms with Crippen molar-refractivity contribution in [2.75, 3.05) is 31.1 Å². The summed E-state index contributed by atoms with van der Waals surface area (Å²) in [4.78, 5) is 31.9. The molecular weight excluding hydrogens is 348 g/mol. The third kappa shape index (κ3) is 3.68. The molecule has 0 spiro atoms. The number of aromatic nitrogens is 6. The van der Waals surface area contributed by atoms with Crippen LogP contribution < -0.4 is 10.5 Å². The fourth-order valence-corrected chi connectivity index (χ4v) is 2.94. The Morgan fingerprint density at radius 1 is 1.00 bits per heavy atom. The van der Waals surface area contributed by atoms with Gasteiger partial charge in [-0.2, -0.15) is 5.10 Å². The third-order valence-electron chi connectivity index (χ3n) is 4.43. The molecule has 138 valence electrons. The predicted molar refractivity (Wildman–Crippen MR) is 96.4 cm³/mol. The van der Waals surface area contributed by atoms with Crippen LogP contribution >= 0.6 is 0 Å². The normalized spacial score (nSPS) is 14.4. The largest absolute Gasteiger partial charge is 0.352 e. The molecule has 3 aromatic rings. The predicted octanol–water partition coefficient (Wildman–Crippen LogP) is -0.432. The van der Waals surface area contributed by atoms with Gasteiger partial charge in [-0.15, -0.1) is 10.2 Å². The highest BCUT2D eigenvalue weighted by atomic mass is 16.2. The van der Waals surface area contributed by atoms with Crippen molar-refractivity contribution in [3.8, 4) is 5.82 Å². The number of nitrogens with zero attached hydrogens (tertiary/aromatic N) is 8. The Hall–Kier alpha value is -3.56. The molecule has 4 heterocycles. The van der Waals surface area contributed by atoms with Crippen molar-refractivity contribution < 1.29 is 4.79 Å². The van der Waals surface area contributed by atoms with E-state index < -0.39 is 0 Å². The molecule has 0 aliphatic carbocycles. The Labute approximate surface area is 154 Å². The number of carbonyl (C=O) groups excluding carboxylic acids is 1. The van der Waals surface area contributed by atoms with Crippen molar-refractivity contribution in [1.82, 2.24) is 34.4 Å². The molecule has 27 heavy (non-hydrogen) atoms. The van der Waals surface area contributed by atoms with Crippen molar-refractivity contribution in [3.63, 3.8) is 0 Å². The number of hydrogen-bond acceptors (Lipinski definition) is 7. The van der Waals surface area contributed by atoms with Crippen LogP contribution in [0, 0.1) is 0 Å². The molecule has 0 unspecified atom stereocenters. The van der Waals surface area contributed by atoms with Crippen LogP contribution in [0.3, 0.4) is 0 Å². The molecule has 1 saturated heterocycles. The van der Waals surface area contributed by atoms with E-state index in [4.69, 9.17) is 0 Å². The van der Waals surface area contributed by atoms with Crippen LogP contribution in [0.25, 0.3) is 5.82 Å². The molecule has 0 aromatic carbocycles. The van der Waals surface area contributed by atoms with Gasteiger partial charge in [0.05, 0.1) is 0 Å². The highest BCUT2D eigenvalue weighted by Crippen LogP contribution is 2.14. The molecule has 4 rings (SSSR count). The zero-order valence-corrected chi connectivity index (χ0v) is 14.5. The molecule has 1 amide bonds. The van der Waals surface area contributed by atoms with Crippen molar-refractivity contribution in [3.05, 3.63) is 59.5 Å². The maximum Gasteiger partial charge on any atom is 0.267 e. The van der Waals surface area contributed by atoms with Gasteiger partial charge in [-0.25, -0.2) is 9.67 Å². The van der Waals surface area contributed by atoms with Gasteiger partial charge < -0.3 is 9.80 Å². The second kappa shape index (κ2) is 7.36. The number of anilines is 1. The van der Waals surface area contributed by atoms with Crippen molar-refractivity contribution in [1.29, 1.82) is 0 Å². The van der Waals surface area contributed by atoms with Crippen LogP contribution in [0.4, 0.5) is 5.82 Å². The SMILES string of the molecule is O=C(Cn1ncccc1=O)N1CCN(c2ccc(-n3ccnc3)nn2)CC1. The van der Waals surface area contributed by atoms with E-state index in [1.165, 1.54) is 16.9 Å². The van der Waals surface area contributed by atoms with E-state index in [1.807, 2.05) is 12.1 Å². The lowest BCUT2D eigenvalue weighted by atomic mass is 10.3. The molecule has 10 heteroatoms. The monoisotopic (exact) mass is 366 g/mol. The smallest absolute Gasteiger partial charge is 0.267 e. The number of amides is 1. The molecule has 1 aliphatic heterocycles. The highest BCUT2D eigenvalue weighted by molar-refractivity contribution is 5.76. The van der Waals surface area contributed by atoms with Gasteiger partial charge in [0.15, 0.2) is 11.6 Å². The first-order valence-corrected chi connectivity index (χ1v) is 8.57. The molecule has 1 aliphatic rings. The van der Waals surface area contributed by atoms with E-state index >= 15 is 0 Å². The second-order valence-electron chi connectivity index (χ2n) is 6.11. The van der Waals surface area contributed by atoms with Crippen LogP contribution in [0.15, 0.2) is 54.0 Å². The average Bonchev–Trinajstić information content (AvgIpc) is 3.25. The number of imidazole rings is 1. The molecule has 0 bridgehead atoms. The van der Waals surface area contributed by atoms with Crippen LogP contribution in [-0.2, 0) is 11.3 Å². The summed E-state index contributed by atoms with van der Waals surface area (Å²) < 4.78 is 2.96. The Balaban J connectivity index is 1.35. The Bertz CT molecular complexity index is 959. The molecule has 0 N–H and O–H groups in total. The summed E-state index contributed by atoms with van der Waals surface area (Å²) in [7, 11) is 0. The summed E-state index contributed by atoms with van der Waals surface area (Å²) >= 11 is 0. The minimum absolute atomic E-state index is 0.0426. The Kier molecular flexibility index (Phi) is 4.60. The maximum atomic E-state index is 12.4. The quantitative estimate of drug-likeness (QED) is 0.617. The molecule has 0 radical (unpaired) electrons. The summed E-state index contributed by atoms with van der Waals surface area (Å²) in [6.45, 7) is 2.39. The highest BCUT2D eigenvalue weighted by Gasteiger charge is 2.22. The third-order valence-corrected chi connectivity index (χ3v) is 4.43. The van der Waals surface area contributed by atoms with Crippen molar-refractivity contribution in [2.45, 2.75) is 6.54 Å². The van der Waals surface area contributed by atoms with Gasteiger partial charge in [-0.1, -0.05) is 0 Å². The average molecular weight is 366 g/mol.